The summed E-state index contributed by atoms with van der Waals surface area (Å²) in [5.41, 5.74) is 0.878. The van der Waals surface area contributed by atoms with Crippen molar-refractivity contribution in [2.24, 2.45) is 0 Å². The van der Waals surface area contributed by atoms with E-state index in [9.17, 15) is 9.18 Å². The van der Waals surface area contributed by atoms with Crippen LogP contribution in [0.3, 0.4) is 0 Å². The third kappa shape index (κ3) is 4.28. The molecule has 1 aromatic carbocycles. The summed E-state index contributed by atoms with van der Waals surface area (Å²) in [7, 11) is 0. The third-order valence-electron chi connectivity index (χ3n) is 4.07. The standard InChI is InChI=1S/C18H20FN3O/c19-14-6-4-5-13(11-14)18(23)22-16-9-10-17(20-12-16)21-15-7-2-1-3-8-15/h4-6,9-12,15H,1-3,7-8H2,(H,20,21)(H,22,23). The molecule has 1 aliphatic rings. The van der Waals surface area contributed by atoms with E-state index >= 15 is 0 Å². The van der Waals surface area contributed by atoms with Crippen molar-refractivity contribution in [3.05, 3.63) is 54.0 Å². The first-order valence-corrected chi connectivity index (χ1v) is 8.00. The summed E-state index contributed by atoms with van der Waals surface area (Å²) in [5, 5.41) is 6.15. The van der Waals surface area contributed by atoms with Gasteiger partial charge in [0.25, 0.3) is 5.91 Å². The second-order valence-corrected chi connectivity index (χ2v) is 5.88. The highest BCUT2D eigenvalue weighted by molar-refractivity contribution is 6.04. The molecule has 0 atom stereocenters. The molecule has 2 aromatic rings. The van der Waals surface area contributed by atoms with Crippen molar-refractivity contribution >= 4 is 17.4 Å². The Balaban J connectivity index is 1.59. The molecule has 0 spiro atoms. The van der Waals surface area contributed by atoms with E-state index < -0.39 is 5.82 Å². The van der Waals surface area contributed by atoms with Crippen molar-refractivity contribution in [3.8, 4) is 0 Å². The number of benzene rings is 1. The molecule has 0 bridgehead atoms. The van der Waals surface area contributed by atoms with Gasteiger partial charge in [-0.25, -0.2) is 9.37 Å². The van der Waals surface area contributed by atoms with E-state index in [-0.39, 0.29) is 11.5 Å². The zero-order valence-corrected chi connectivity index (χ0v) is 12.9. The highest BCUT2D eigenvalue weighted by Gasteiger charge is 2.13. The lowest BCUT2D eigenvalue weighted by molar-refractivity contribution is 0.102. The molecule has 120 valence electrons. The topological polar surface area (TPSA) is 54.0 Å². The average molecular weight is 313 g/mol. The van der Waals surface area contributed by atoms with Gasteiger partial charge in [-0.05, 0) is 43.2 Å². The van der Waals surface area contributed by atoms with Crippen molar-refractivity contribution < 1.29 is 9.18 Å². The summed E-state index contributed by atoms with van der Waals surface area (Å²) in [5.74, 6) is 0.0442. The van der Waals surface area contributed by atoms with Crippen LogP contribution in [0.4, 0.5) is 15.9 Å². The summed E-state index contributed by atoms with van der Waals surface area (Å²) in [4.78, 5) is 16.4. The molecule has 1 aromatic heterocycles. The second kappa shape index (κ2) is 7.22. The van der Waals surface area contributed by atoms with Crippen molar-refractivity contribution in [3.63, 3.8) is 0 Å². The van der Waals surface area contributed by atoms with Crippen LogP contribution in [0.25, 0.3) is 0 Å². The maximum atomic E-state index is 13.1. The van der Waals surface area contributed by atoms with E-state index in [1.165, 1.54) is 50.3 Å². The maximum absolute atomic E-state index is 13.1. The van der Waals surface area contributed by atoms with Gasteiger partial charge in [-0.15, -0.1) is 0 Å². The number of nitrogens with zero attached hydrogens (tertiary/aromatic N) is 1. The fourth-order valence-corrected chi connectivity index (χ4v) is 2.84. The quantitative estimate of drug-likeness (QED) is 0.888. The summed E-state index contributed by atoms with van der Waals surface area (Å²) in [6, 6.07) is 9.76. The van der Waals surface area contributed by atoms with Crippen molar-refractivity contribution in [1.29, 1.82) is 0 Å². The fourth-order valence-electron chi connectivity index (χ4n) is 2.84. The highest BCUT2D eigenvalue weighted by atomic mass is 19.1. The Morgan fingerprint density at radius 2 is 1.96 bits per heavy atom. The Morgan fingerprint density at radius 3 is 2.65 bits per heavy atom. The number of hydrogen-bond acceptors (Lipinski definition) is 3. The summed E-state index contributed by atoms with van der Waals surface area (Å²) < 4.78 is 13.1. The molecule has 1 fully saturated rings. The normalized spacial score (nSPS) is 15.2. The number of carbonyl (C=O) groups excluding carboxylic acids is 1. The minimum Gasteiger partial charge on any atom is -0.367 e. The maximum Gasteiger partial charge on any atom is 0.255 e. The molecule has 0 unspecified atom stereocenters. The number of nitrogens with one attached hydrogen (secondary N) is 2. The van der Waals surface area contributed by atoms with Gasteiger partial charge in [0.05, 0.1) is 11.9 Å². The molecule has 23 heavy (non-hydrogen) atoms. The van der Waals surface area contributed by atoms with Gasteiger partial charge in [-0.2, -0.15) is 0 Å². The van der Waals surface area contributed by atoms with E-state index in [0.29, 0.717) is 11.7 Å². The molecule has 1 heterocycles. The second-order valence-electron chi connectivity index (χ2n) is 5.88. The van der Waals surface area contributed by atoms with Crippen LogP contribution in [-0.4, -0.2) is 16.9 Å². The largest absolute Gasteiger partial charge is 0.367 e. The number of aromatic nitrogens is 1. The Labute approximate surface area is 135 Å². The van der Waals surface area contributed by atoms with Gasteiger partial charge in [0.1, 0.15) is 11.6 Å². The predicted octanol–water partition coefficient (Wildman–Crippen LogP) is 4.22. The molecule has 0 saturated heterocycles. The Kier molecular flexibility index (Phi) is 4.86. The number of halogens is 1. The van der Waals surface area contributed by atoms with Crippen LogP contribution in [0.2, 0.25) is 0 Å². The number of amides is 1. The van der Waals surface area contributed by atoms with E-state index in [1.54, 1.807) is 18.3 Å². The minimum absolute atomic E-state index is 0.286. The molecule has 4 nitrogen and oxygen atoms in total. The predicted molar refractivity (Wildman–Crippen MR) is 89.1 cm³/mol. The zero-order chi connectivity index (χ0) is 16.1. The minimum atomic E-state index is -0.428. The number of hydrogen-bond donors (Lipinski definition) is 2. The van der Waals surface area contributed by atoms with E-state index in [2.05, 4.69) is 15.6 Å². The van der Waals surface area contributed by atoms with Crippen molar-refractivity contribution in [1.82, 2.24) is 4.98 Å². The molecule has 2 N–H and O–H groups in total. The molecule has 0 aliphatic heterocycles. The fraction of sp³-hybridized carbons (Fsp3) is 0.333. The molecule has 5 heteroatoms. The molecular formula is C18H20FN3O. The first-order chi connectivity index (χ1) is 11.2. The van der Waals surface area contributed by atoms with Crippen LogP contribution in [0, 0.1) is 5.82 Å². The van der Waals surface area contributed by atoms with Crippen LogP contribution in [-0.2, 0) is 0 Å². The van der Waals surface area contributed by atoms with Crippen LogP contribution in [0.1, 0.15) is 42.5 Å². The van der Waals surface area contributed by atoms with Crippen LogP contribution in [0.5, 0.6) is 0 Å². The van der Waals surface area contributed by atoms with Gasteiger partial charge in [-0.3, -0.25) is 4.79 Å². The van der Waals surface area contributed by atoms with Crippen LogP contribution in [0.15, 0.2) is 42.6 Å². The summed E-state index contributed by atoms with van der Waals surface area (Å²) in [6.45, 7) is 0. The van der Waals surface area contributed by atoms with Gasteiger partial charge < -0.3 is 10.6 Å². The number of pyridine rings is 1. The van der Waals surface area contributed by atoms with E-state index in [1.807, 2.05) is 6.07 Å². The number of rotatable bonds is 4. The SMILES string of the molecule is O=C(Nc1ccc(NC2CCCCC2)nc1)c1cccc(F)c1. The van der Waals surface area contributed by atoms with E-state index in [4.69, 9.17) is 0 Å². The zero-order valence-electron chi connectivity index (χ0n) is 12.9. The monoisotopic (exact) mass is 313 g/mol. The highest BCUT2D eigenvalue weighted by Crippen LogP contribution is 2.21. The first kappa shape index (κ1) is 15.5. The third-order valence-corrected chi connectivity index (χ3v) is 4.07. The summed E-state index contributed by atoms with van der Waals surface area (Å²) >= 11 is 0. The lowest BCUT2D eigenvalue weighted by Crippen LogP contribution is -2.22. The van der Waals surface area contributed by atoms with Gasteiger partial charge in [-0.1, -0.05) is 25.3 Å². The van der Waals surface area contributed by atoms with Crippen molar-refractivity contribution in [2.75, 3.05) is 10.6 Å². The number of anilines is 2. The van der Waals surface area contributed by atoms with Gasteiger partial charge >= 0.3 is 0 Å². The Morgan fingerprint density at radius 1 is 1.13 bits per heavy atom. The summed E-state index contributed by atoms with van der Waals surface area (Å²) in [6.07, 6.45) is 7.82. The molecule has 3 rings (SSSR count). The smallest absolute Gasteiger partial charge is 0.255 e. The van der Waals surface area contributed by atoms with Crippen molar-refractivity contribution in [2.45, 2.75) is 38.1 Å². The van der Waals surface area contributed by atoms with Gasteiger partial charge in [0.15, 0.2) is 0 Å². The van der Waals surface area contributed by atoms with Gasteiger partial charge in [0, 0.05) is 11.6 Å². The van der Waals surface area contributed by atoms with Gasteiger partial charge in [0.2, 0.25) is 0 Å². The molecule has 1 aliphatic carbocycles. The molecular weight excluding hydrogens is 293 g/mol. The average Bonchev–Trinajstić information content (AvgIpc) is 2.57. The molecule has 0 radical (unpaired) electrons. The Bertz CT molecular complexity index is 666. The number of carbonyl (C=O) groups is 1. The molecule has 1 amide bonds. The van der Waals surface area contributed by atoms with Crippen LogP contribution < -0.4 is 10.6 Å². The Hall–Kier alpha value is -2.43. The lowest BCUT2D eigenvalue weighted by Gasteiger charge is -2.23. The lowest BCUT2D eigenvalue weighted by atomic mass is 9.95. The van der Waals surface area contributed by atoms with E-state index in [0.717, 1.165) is 5.82 Å². The van der Waals surface area contributed by atoms with Crippen LogP contribution >= 0.6 is 0 Å². The first-order valence-electron chi connectivity index (χ1n) is 8.00. The molecule has 1 saturated carbocycles.